The van der Waals surface area contributed by atoms with Crippen LogP contribution in [0.5, 0.6) is 0 Å². The molecule has 21 heavy (non-hydrogen) atoms. The number of nitrogens with zero attached hydrogens (tertiary/aromatic N) is 4. The first kappa shape index (κ1) is 14.4. The second-order valence-corrected chi connectivity index (χ2v) is 6.29. The SMILES string of the molecule is C[C@H]1Cn2ncc(N3CC(CBr)CC3=O)c2CN1C(=O)O. The highest BCUT2D eigenvalue weighted by atomic mass is 79.9. The van der Waals surface area contributed by atoms with Crippen molar-refractivity contribution < 1.29 is 14.7 Å². The Morgan fingerprint density at radius 1 is 1.52 bits per heavy atom. The van der Waals surface area contributed by atoms with E-state index in [0.717, 1.165) is 16.7 Å². The van der Waals surface area contributed by atoms with Crippen LogP contribution in [-0.4, -0.2) is 49.7 Å². The number of carbonyl (C=O) groups excluding carboxylic acids is 1. The fourth-order valence-corrected chi connectivity index (χ4v) is 3.42. The molecule has 3 rings (SSSR count). The molecule has 0 saturated carbocycles. The Hall–Kier alpha value is -1.57. The van der Waals surface area contributed by atoms with Crippen LogP contribution in [0.1, 0.15) is 19.0 Å². The molecule has 0 spiro atoms. The molecule has 2 aliphatic heterocycles. The first-order valence-corrected chi connectivity index (χ1v) is 8.04. The molecular weight excluding hydrogens is 340 g/mol. The average Bonchev–Trinajstić information content (AvgIpc) is 3.00. The molecule has 1 aromatic heterocycles. The minimum atomic E-state index is -0.938. The molecule has 1 N–H and O–H groups in total. The number of rotatable bonds is 2. The minimum absolute atomic E-state index is 0.0794. The lowest BCUT2D eigenvalue weighted by atomic mass is 10.1. The largest absolute Gasteiger partial charge is 0.465 e. The van der Waals surface area contributed by atoms with Crippen LogP contribution in [0.2, 0.25) is 0 Å². The van der Waals surface area contributed by atoms with Crippen LogP contribution in [0.25, 0.3) is 0 Å². The van der Waals surface area contributed by atoms with E-state index in [1.165, 1.54) is 4.90 Å². The minimum Gasteiger partial charge on any atom is -0.465 e. The van der Waals surface area contributed by atoms with Gasteiger partial charge in [0.1, 0.15) is 0 Å². The molecule has 8 heteroatoms. The maximum absolute atomic E-state index is 12.1. The number of alkyl halides is 1. The fraction of sp³-hybridized carbons (Fsp3) is 0.615. The van der Waals surface area contributed by atoms with Gasteiger partial charge in [0.05, 0.1) is 36.7 Å². The van der Waals surface area contributed by atoms with Crippen molar-refractivity contribution >= 4 is 33.6 Å². The molecule has 1 saturated heterocycles. The Morgan fingerprint density at radius 2 is 2.29 bits per heavy atom. The maximum atomic E-state index is 12.1. The first-order chi connectivity index (χ1) is 10.0. The van der Waals surface area contributed by atoms with E-state index in [0.29, 0.717) is 25.4 Å². The zero-order chi connectivity index (χ0) is 15.1. The molecule has 0 aliphatic carbocycles. The predicted octanol–water partition coefficient (Wildman–Crippen LogP) is 1.51. The quantitative estimate of drug-likeness (QED) is 0.814. The van der Waals surface area contributed by atoms with Crippen molar-refractivity contribution in [3.8, 4) is 0 Å². The highest BCUT2D eigenvalue weighted by molar-refractivity contribution is 9.09. The monoisotopic (exact) mass is 356 g/mol. The third kappa shape index (κ3) is 2.41. The number of carboxylic acid groups (broad SMARTS) is 1. The van der Waals surface area contributed by atoms with E-state index >= 15 is 0 Å². The molecule has 1 aromatic rings. The van der Waals surface area contributed by atoms with Crippen LogP contribution in [0.4, 0.5) is 10.5 Å². The summed E-state index contributed by atoms with van der Waals surface area (Å²) in [6.07, 6.45) is 1.27. The van der Waals surface area contributed by atoms with E-state index in [-0.39, 0.29) is 18.5 Å². The Kier molecular flexibility index (Phi) is 3.64. The molecule has 114 valence electrons. The summed E-state index contributed by atoms with van der Waals surface area (Å²) >= 11 is 3.42. The van der Waals surface area contributed by atoms with Gasteiger partial charge >= 0.3 is 6.09 Å². The number of fused-ring (bicyclic) bond motifs is 1. The van der Waals surface area contributed by atoms with E-state index < -0.39 is 6.09 Å². The van der Waals surface area contributed by atoms with Gasteiger partial charge in [-0.3, -0.25) is 14.4 Å². The standard InChI is InChI=1S/C13H17BrN4O3/c1-8-5-18-11(7-16(8)13(20)21)10(4-15-18)17-6-9(3-14)2-12(17)19/h4,8-9H,2-3,5-7H2,1H3,(H,20,21)/t8-,9?/m0/s1. The number of hydrogen-bond donors (Lipinski definition) is 1. The highest BCUT2D eigenvalue weighted by Gasteiger charge is 2.35. The van der Waals surface area contributed by atoms with Crippen molar-refractivity contribution in [2.75, 3.05) is 16.8 Å². The van der Waals surface area contributed by atoms with Crippen LogP contribution >= 0.6 is 15.9 Å². The van der Waals surface area contributed by atoms with Crippen LogP contribution in [0.3, 0.4) is 0 Å². The predicted molar refractivity (Wildman–Crippen MR) is 79.5 cm³/mol. The van der Waals surface area contributed by atoms with Crippen LogP contribution in [0.15, 0.2) is 6.20 Å². The van der Waals surface area contributed by atoms with Gasteiger partial charge in [0.15, 0.2) is 0 Å². The van der Waals surface area contributed by atoms with Crippen LogP contribution < -0.4 is 4.90 Å². The number of aromatic nitrogens is 2. The van der Waals surface area contributed by atoms with Crippen LogP contribution in [-0.2, 0) is 17.9 Å². The Morgan fingerprint density at radius 3 is 2.90 bits per heavy atom. The van der Waals surface area contributed by atoms with E-state index in [4.69, 9.17) is 0 Å². The van der Waals surface area contributed by atoms with Crippen molar-refractivity contribution in [2.24, 2.45) is 5.92 Å². The van der Waals surface area contributed by atoms with Gasteiger partial charge in [0.2, 0.25) is 5.91 Å². The zero-order valence-corrected chi connectivity index (χ0v) is 13.3. The Bertz CT molecular complexity index is 588. The zero-order valence-electron chi connectivity index (χ0n) is 11.7. The number of carbonyl (C=O) groups is 2. The van der Waals surface area contributed by atoms with Gasteiger partial charge in [-0.05, 0) is 12.8 Å². The number of hydrogen-bond acceptors (Lipinski definition) is 3. The lowest BCUT2D eigenvalue weighted by molar-refractivity contribution is -0.117. The molecule has 1 unspecified atom stereocenters. The summed E-state index contributed by atoms with van der Waals surface area (Å²) < 4.78 is 1.81. The van der Waals surface area contributed by atoms with Gasteiger partial charge in [-0.15, -0.1) is 0 Å². The van der Waals surface area contributed by atoms with E-state index in [9.17, 15) is 14.7 Å². The van der Waals surface area contributed by atoms with Gasteiger partial charge in [0, 0.05) is 18.3 Å². The molecule has 3 heterocycles. The second-order valence-electron chi connectivity index (χ2n) is 5.65. The van der Waals surface area contributed by atoms with Crippen molar-refractivity contribution in [1.29, 1.82) is 0 Å². The normalized spacial score (nSPS) is 25.3. The van der Waals surface area contributed by atoms with Gasteiger partial charge < -0.3 is 10.0 Å². The topological polar surface area (TPSA) is 78.7 Å². The fourth-order valence-electron chi connectivity index (χ4n) is 2.99. The maximum Gasteiger partial charge on any atom is 0.407 e. The van der Waals surface area contributed by atoms with Gasteiger partial charge in [0.25, 0.3) is 0 Å². The smallest absolute Gasteiger partial charge is 0.407 e. The summed E-state index contributed by atoms with van der Waals surface area (Å²) in [6.45, 7) is 3.31. The van der Waals surface area contributed by atoms with Crippen molar-refractivity contribution in [3.05, 3.63) is 11.9 Å². The Balaban J connectivity index is 1.90. The summed E-state index contributed by atoms with van der Waals surface area (Å²) in [5, 5.41) is 14.4. The molecule has 0 aromatic carbocycles. The van der Waals surface area contributed by atoms with Crippen LogP contribution in [0, 0.1) is 5.92 Å². The van der Waals surface area contributed by atoms with Gasteiger partial charge in [-0.2, -0.15) is 5.10 Å². The molecule has 7 nitrogen and oxygen atoms in total. The van der Waals surface area contributed by atoms with E-state index in [2.05, 4.69) is 21.0 Å². The molecule has 0 radical (unpaired) electrons. The summed E-state index contributed by atoms with van der Waals surface area (Å²) in [5.74, 6) is 0.377. The molecule has 2 atom stereocenters. The van der Waals surface area contributed by atoms with E-state index in [1.807, 2.05) is 11.6 Å². The molecule has 1 fully saturated rings. The summed E-state index contributed by atoms with van der Waals surface area (Å²) in [6, 6.07) is -0.118. The van der Waals surface area contributed by atoms with Gasteiger partial charge in [-0.25, -0.2) is 4.79 Å². The van der Waals surface area contributed by atoms with Crippen molar-refractivity contribution in [2.45, 2.75) is 32.5 Å². The molecular formula is C13H17BrN4O3. The molecule has 2 aliphatic rings. The summed E-state index contributed by atoms with van der Waals surface area (Å²) in [5.41, 5.74) is 1.56. The molecule has 2 amide bonds. The lowest BCUT2D eigenvalue weighted by Crippen LogP contribution is -2.44. The number of halogens is 1. The number of amides is 2. The van der Waals surface area contributed by atoms with Gasteiger partial charge in [-0.1, -0.05) is 15.9 Å². The van der Waals surface area contributed by atoms with E-state index in [1.54, 1.807) is 11.1 Å². The third-order valence-corrected chi connectivity index (χ3v) is 5.09. The third-order valence-electron chi connectivity index (χ3n) is 4.18. The Labute approximate surface area is 130 Å². The average molecular weight is 357 g/mol. The lowest BCUT2D eigenvalue weighted by Gasteiger charge is -2.32. The first-order valence-electron chi connectivity index (χ1n) is 6.91. The second kappa shape index (κ2) is 5.32. The van der Waals surface area contributed by atoms with Crippen molar-refractivity contribution in [1.82, 2.24) is 14.7 Å². The summed E-state index contributed by atoms with van der Waals surface area (Å²) in [7, 11) is 0. The summed E-state index contributed by atoms with van der Waals surface area (Å²) in [4.78, 5) is 26.6. The highest BCUT2D eigenvalue weighted by Crippen LogP contribution is 2.31. The van der Waals surface area contributed by atoms with Crippen molar-refractivity contribution in [3.63, 3.8) is 0 Å². The molecule has 0 bridgehead atoms. The number of anilines is 1.